The van der Waals surface area contributed by atoms with Gasteiger partial charge in [0.05, 0.1) is 0 Å². The first-order valence-electron chi connectivity index (χ1n) is 6.24. The van der Waals surface area contributed by atoms with Gasteiger partial charge in [0, 0.05) is 9.37 Å². The van der Waals surface area contributed by atoms with E-state index in [0.29, 0.717) is 5.92 Å². The Hall–Kier alpha value is -0.480. The van der Waals surface area contributed by atoms with Crippen molar-refractivity contribution in [1.82, 2.24) is 0 Å². The van der Waals surface area contributed by atoms with Crippen molar-refractivity contribution in [3.8, 4) is 0 Å². The lowest BCUT2D eigenvalue weighted by Gasteiger charge is -2.43. The standard InChI is InChI=1S/C14H17BrO2S/c1-2-3-10-8-14(9-10,13(16)17)18-12-6-4-11(15)5-7-12/h4-7,10H,2-3,8-9H2,1H3,(H,16,17). The van der Waals surface area contributed by atoms with Crippen LogP contribution in [-0.4, -0.2) is 15.8 Å². The maximum atomic E-state index is 11.5. The number of carbonyl (C=O) groups is 1. The van der Waals surface area contributed by atoms with E-state index in [0.717, 1.165) is 35.1 Å². The molecule has 0 unspecified atom stereocenters. The Morgan fingerprint density at radius 2 is 2.06 bits per heavy atom. The summed E-state index contributed by atoms with van der Waals surface area (Å²) in [6.45, 7) is 2.16. The molecule has 0 aliphatic heterocycles. The van der Waals surface area contributed by atoms with Crippen molar-refractivity contribution < 1.29 is 9.90 Å². The number of thioether (sulfide) groups is 1. The lowest BCUT2D eigenvalue weighted by atomic mass is 9.72. The Bertz CT molecular complexity index is 424. The summed E-state index contributed by atoms with van der Waals surface area (Å²) < 4.78 is 0.432. The van der Waals surface area contributed by atoms with Gasteiger partial charge in [0.2, 0.25) is 0 Å². The first-order valence-corrected chi connectivity index (χ1v) is 7.84. The van der Waals surface area contributed by atoms with Crippen molar-refractivity contribution in [3.63, 3.8) is 0 Å². The van der Waals surface area contributed by atoms with E-state index < -0.39 is 10.7 Å². The monoisotopic (exact) mass is 328 g/mol. The molecule has 0 radical (unpaired) electrons. The molecule has 2 rings (SSSR count). The van der Waals surface area contributed by atoms with Gasteiger partial charge in [-0.3, -0.25) is 4.79 Å². The Kier molecular flexibility index (Phi) is 4.38. The molecule has 1 aliphatic rings. The SMILES string of the molecule is CCCC1CC(Sc2ccc(Br)cc2)(C(=O)O)C1. The fraction of sp³-hybridized carbons (Fsp3) is 0.500. The highest BCUT2D eigenvalue weighted by Crippen LogP contribution is 2.52. The molecule has 1 aromatic carbocycles. The number of aliphatic carboxylic acids is 1. The van der Waals surface area contributed by atoms with Gasteiger partial charge in [0.1, 0.15) is 4.75 Å². The first kappa shape index (κ1) is 13.9. The Morgan fingerprint density at radius 3 is 2.56 bits per heavy atom. The second-order valence-electron chi connectivity index (χ2n) is 4.92. The molecule has 1 fully saturated rings. The molecule has 0 spiro atoms. The van der Waals surface area contributed by atoms with Gasteiger partial charge in [0.15, 0.2) is 0 Å². The normalized spacial score (nSPS) is 26.7. The van der Waals surface area contributed by atoms with Crippen LogP contribution in [0.4, 0.5) is 0 Å². The summed E-state index contributed by atoms with van der Waals surface area (Å²) in [6.07, 6.45) is 3.90. The van der Waals surface area contributed by atoms with Crippen molar-refractivity contribution >= 4 is 33.7 Å². The van der Waals surface area contributed by atoms with E-state index in [1.807, 2.05) is 24.3 Å². The van der Waals surface area contributed by atoms with Crippen molar-refractivity contribution in [2.45, 2.75) is 42.2 Å². The van der Waals surface area contributed by atoms with E-state index in [-0.39, 0.29) is 0 Å². The van der Waals surface area contributed by atoms with Crippen molar-refractivity contribution in [2.24, 2.45) is 5.92 Å². The first-order chi connectivity index (χ1) is 8.55. The second kappa shape index (κ2) is 5.66. The lowest BCUT2D eigenvalue weighted by molar-refractivity contribution is -0.143. The molecule has 1 saturated carbocycles. The van der Waals surface area contributed by atoms with E-state index in [2.05, 4.69) is 22.9 Å². The third-order valence-electron chi connectivity index (χ3n) is 3.45. The maximum absolute atomic E-state index is 11.5. The summed E-state index contributed by atoms with van der Waals surface area (Å²) in [4.78, 5) is 12.5. The van der Waals surface area contributed by atoms with E-state index in [9.17, 15) is 9.90 Å². The van der Waals surface area contributed by atoms with E-state index in [4.69, 9.17) is 0 Å². The highest BCUT2D eigenvalue weighted by molar-refractivity contribution is 9.10. The maximum Gasteiger partial charge on any atom is 0.320 e. The van der Waals surface area contributed by atoms with Crippen molar-refractivity contribution in [1.29, 1.82) is 0 Å². The van der Waals surface area contributed by atoms with Crippen LogP contribution in [-0.2, 0) is 4.79 Å². The fourth-order valence-electron chi connectivity index (χ4n) is 2.52. The molecule has 0 heterocycles. The fourth-order valence-corrected chi connectivity index (χ4v) is 4.23. The molecule has 4 heteroatoms. The molecular formula is C14H17BrO2S. The van der Waals surface area contributed by atoms with Gasteiger partial charge in [-0.2, -0.15) is 0 Å². The molecule has 0 bridgehead atoms. The number of rotatable bonds is 5. The van der Waals surface area contributed by atoms with Crippen molar-refractivity contribution in [3.05, 3.63) is 28.7 Å². The van der Waals surface area contributed by atoms with E-state index in [1.165, 1.54) is 11.8 Å². The molecule has 98 valence electrons. The van der Waals surface area contributed by atoms with Gasteiger partial charge in [-0.25, -0.2) is 0 Å². The lowest BCUT2D eigenvalue weighted by Crippen LogP contribution is -2.47. The summed E-state index contributed by atoms with van der Waals surface area (Å²) in [6, 6.07) is 7.87. The van der Waals surface area contributed by atoms with Crippen LogP contribution >= 0.6 is 27.7 Å². The Balaban J connectivity index is 2.05. The minimum atomic E-state index is -0.664. The van der Waals surface area contributed by atoms with Crippen LogP contribution < -0.4 is 0 Å². The van der Waals surface area contributed by atoms with Gasteiger partial charge in [-0.1, -0.05) is 35.7 Å². The minimum absolute atomic E-state index is 0.590. The summed E-state index contributed by atoms with van der Waals surface area (Å²) in [5.74, 6) is -0.0724. The molecule has 0 atom stereocenters. The van der Waals surface area contributed by atoms with Gasteiger partial charge >= 0.3 is 5.97 Å². The van der Waals surface area contributed by atoms with Crippen molar-refractivity contribution in [2.75, 3.05) is 0 Å². The number of carboxylic acids is 1. The summed E-state index contributed by atoms with van der Waals surface area (Å²) in [7, 11) is 0. The number of halogens is 1. The molecule has 0 amide bonds. The van der Waals surface area contributed by atoms with Crippen LogP contribution in [0.15, 0.2) is 33.6 Å². The minimum Gasteiger partial charge on any atom is -0.480 e. The zero-order valence-corrected chi connectivity index (χ0v) is 12.8. The molecule has 1 aliphatic carbocycles. The molecule has 1 N–H and O–H groups in total. The topological polar surface area (TPSA) is 37.3 Å². The molecule has 0 aromatic heterocycles. The van der Waals surface area contributed by atoms with Crippen LogP contribution in [0.5, 0.6) is 0 Å². The van der Waals surface area contributed by atoms with E-state index >= 15 is 0 Å². The average Bonchev–Trinajstić information content (AvgIpc) is 2.28. The zero-order valence-electron chi connectivity index (χ0n) is 10.4. The van der Waals surface area contributed by atoms with Crippen LogP contribution in [0.3, 0.4) is 0 Å². The van der Waals surface area contributed by atoms with Crippen LogP contribution in [0.2, 0.25) is 0 Å². The van der Waals surface area contributed by atoms with Crippen LogP contribution in [0.1, 0.15) is 32.6 Å². The third kappa shape index (κ3) is 2.91. The molecular weight excluding hydrogens is 312 g/mol. The summed E-state index contributed by atoms with van der Waals surface area (Å²) >= 11 is 4.89. The predicted molar refractivity (Wildman–Crippen MR) is 78.0 cm³/mol. The molecule has 2 nitrogen and oxygen atoms in total. The summed E-state index contributed by atoms with van der Waals surface area (Å²) in [5.41, 5.74) is 0. The number of hydrogen-bond donors (Lipinski definition) is 1. The highest BCUT2D eigenvalue weighted by atomic mass is 79.9. The second-order valence-corrected chi connectivity index (χ2v) is 7.29. The zero-order chi connectivity index (χ0) is 13.2. The third-order valence-corrected chi connectivity index (χ3v) is 5.39. The highest BCUT2D eigenvalue weighted by Gasteiger charge is 2.50. The summed E-state index contributed by atoms with van der Waals surface area (Å²) in [5, 5.41) is 9.46. The molecule has 1 aromatic rings. The van der Waals surface area contributed by atoms with Gasteiger partial charge in [0.25, 0.3) is 0 Å². The van der Waals surface area contributed by atoms with Gasteiger partial charge < -0.3 is 5.11 Å². The number of carboxylic acid groups (broad SMARTS) is 1. The van der Waals surface area contributed by atoms with Crippen LogP contribution in [0.25, 0.3) is 0 Å². The number of hydrogen-bond acceptors (Lipinski definition) is 2. The van der Waals surface area contributed by atoms with Crippen LogP contribution in [0, 0.1) is 5.92 Å². The van der Waals surface area contributed by atoms with Gasteiger partial charge in [-0.15, -0.1) is 11.8 Å². The van der Waals surface area contributed by atoms with E-state index in [1.54, 1.807) is 0 Å². The average molecular weight is 329 g/mol. The smallest absolute Gasteiger partial charge is 0.320 e. The molecule has 0 saturated heterocycles. The Morgan fingerprint density at radius 1 is 1.44 bits per heavy atom. The van der Waals surface area contributed by atoms with Gasteiger partial charge in [-0.05, 0) is 43.0 Å². The molecule has 18 heavy (non-hydrogen) atoms. The quantitative estimate of drug-likeness (QED) is 0.859. The Labute approximate surface area is 120 Å². The predicted octanol–water partition coefficient (Wildman–Crippen LogP) is 4.57. The largest absolute Gasteiger partial charge is 0.480 e. The number of benzene rings is 1.